The van der Waals surface area contributed by atoms with Gasteiger partial charge >= 0.3 is 0 Å². The molecule has 0 aliphatic carbocycles. The Kier molecular flexibility index (Phi) is 3.78. The molecule has 2 aromatic heterocycles. The van der Waals surface area contributed by atoms with Gasteiger partial charge in [-0.3, -0.25) is 9.40 Å². The Labute approximate surface area is 125 Å². The number of aromatic nitrogens is 2. The van der Waals surface area contributed by atoms with Crippen molar-refractivity contribution in [2.24, 2.45) is 0 Å². The van der Waals surface area contributed by atoms with Crippen molar-refractivity contribution in [2.45, 2.75) is 30.5 Å². The van der Waals surface area contributed by atoms with E-state index in [4.69, 9.17) is 5.26 Å². The van der Waals surface area contributed by atoms with Crippen LogP contribution in [0.5, 0.6) is 0 Å². The number of nitrogens with one attached hydrogen (secondary N) is 1. The molecule has 2 heterocycles. The van der Waals surface area contributed by atoms with Crippen LogP contribution < -0.4 is 4.72 Å². The molecule has 6 nitrogen and oxygen atoms in total. The molecule has 0 unspecified atom stereocenters. The van der Waals surface area contributed by atoms with Crippen LogP contribution in [-0.2, 0) is 15.6 Å². The number of anilines is 1. The Morgan fingerprint density at radius 2 is 2.14 bits per heavy atom. The molecule has 1 N–H and O–H groups in total. The number of nitrogens with zero attached hydrogens (tertiary/aromatic N) is 3. The van der Waals surface area contributed by atoms with Gasteiger partial charge in [-0.15, -0.1) is 11.3 Å². The molecular weight excluding hydrogens is 315 g/mol. The van der Waals surface area contributed by atoms with Gasteiger partial charge in [0.05, 0.1) is 5.54 Å². The SMILES string of the molecule is CC(C)(C)n1cc(C#N)c(NS(=O)(=O)c2sccc2F)n1. The summed E-state index contributed by atoms with van der Waals surface area (Å²) in [5, 5.41) is 14.5. The third-order valence-corrected chi connectivity index (χ3v) is 5.35. The van der Waals surface area contributed by atoms with Crippen LogP contribution in [0.3, 0.4) is 0 Å². The summed E-state index contributed by atoms with van der Waals surface area (Å²) in [4.78, 5) is 0. The van der Waals surface area contributed by atoms with Gasteiger partial charge in [-0.25, -0.2) is 12.8 Å². The molecular formula is C12H13FN4O2S2. The highest BCUT2D eigenvalue weighted by Crippen LogP contribution is 2.25. The van der Waals surface area contributed by atoms with Crippen molar-refractivity contribution in [2.75, 3.05) is 4.72 Å². The zero-order chi connectivity index (χ0) is 15.8. The zero-order valence-electron chi connectivity index (χ0n) is 11.6. The van der Waals surface area contributed by atoms with Crippen LogP contribution >= 0.6 is 11.3 Å². The molecule has 9 heteroatoms. The summed E-state index contributed by atoms with van der Waals surface area (Å²) >= 11 is 0.759. The van der Waals surface area contributed by atoms with E-state index < -0.39 is 25.6 Å². The highest BCUT2D eigenvalue weighted by molar-refractivity contribution is 7.94. The zero-order valence-corrected chi connectivity index (χ0v) is 13.2. The fourth-order valence-electron chi connectivity index (χ4n) is 1.52. The number of halogens is 1. The van der Waals surface area contributed by atoms with Gasteiger partial charge in [0.15, 0.2) is 15.8 Å². The van der Waals surface area contributed by atoms with Crippen molar-refractivity contribution in [1.82, 2.24) is 9.78 Å². The Bertz CT molecular complexity index is 809. The Hall–Kier alpha value is -1.92. The number of nitriles is 1. The smallest absolute Gasteiger partial charge is 0.264 e. The largest absolute Gasteiger partial charge is 0.275 e. The Morgan fingerprint density at radius 1 is 1.48 bits per heavy atom. The van der Waals surface area contributed by atoms with Crippen LogP contribution in [-0.4, -0.2) is 18.2 Å². The molecule has 0 amide bonds. The fourth-order valence-corrected chi connectivity index (χ4v) is 3.63. The predicted octanol–water partition coefficient (Wildman–Crippen LogP) is 2.51. The lowest BCUT2D eigenvalue weighted by atomic mass is 10.1. The molecule has 0 saturated heterocycles. The number of rotatable bonds is 3. The number of hydrogen-bond acceptors (Lipinski definition) is 5. The third kappa shape index (κ3) is 3.06. The standard InChI is InChI=1S/C12H13FN4O2S2/c1-12(2,3)17-7-8(6-14)10(15-17)16-21(18,19)11-9(13)4-5-20-11/h4-5,7H,1-3H3,(H,15,16). The molecule has 112 valence electrons. The maximum absolute atomic E-state index is 13.4. The second kappa shape index (κ2) is 5.13. The highest BCUT2D eigenvalue weighted by Gasteiger charge is 2.25. The van der Waals surface area contributed by atoms with E-state index in [1.54, 1.807) is 0 Å². The van der Waals surface area contributed by atoms with E-state index in [0.717, 1.165) is 17.4 Å². The summed E-state index contributed by atoms with van der Waals surface area (Å²) in [6, 6.07) is 2.94. The van der Waals surface area contributed by atoms with Gasteiger partial charge in [-0.05, 0) is 32.2 Å². The van der Waals surface area contributed by atoms with Crippen molar-refractivity contribution < 1.29 is 12.8 Å². The molecule has 0 aromatic carbocycles. The average Bonchev–Trinajstić information content (AvgIpc) is 2.94. The van der Waals surface area contributed by atoms with Crippen LogP contribution in [0.1, 0.15) is 26.3 Å². The lowest BCUT2D eigenvalue weighted by molar-refractivity contribution is 0.356. The Morgan fingerprint density at radius 3 is 2.62 bits per heavy atom. The number of sulfonamides is 1. The summed E-state index contributed by atoms with van der Waals surface area (Å²) in [6.45, 7) is 5.58. The molecule has 0 aliphatic heterocycles. The van der Waals surface area contributed by atoms with E-state index in [1.807, 2.05) is 26.8 Å². The minimum absolute atomic E-state index is 0.0745. The topological polar surface area (TPSA) is 87.8 Å². The molecule has 0 saturated carbocycles. The molecule has 21 heavy (non-hydrogen) atoms. The maximum atomic E-state index is 13.4. The van der Waals surface area contributed by atoms with Crippen molar-refractivity contribution in [3.05, 3.63) is 29.0 Å². The second-order valence-electron chi connectivity index (χ2n) is 5.28. The van der Waals surface area contributed by atoms with E-state index in [1.165, 1.54) is 16.3 Å². The van der Waals surface area contributed by atoms with Gasteiger partial charge in [-0.2, -0.15) is 10.4 Å². The van der Waals surface area contributed by atoms with Gasteiger partial charge < -0.3 is 0 Å². The van der Waals surface area contributed by atoms with Gasteiger partial charge in [0, 0.05) is 6.20 Å². The first kappa shape index (κ1) is 15.5. The first-order valence-electron chi connectivity index (χ1n) is 5.91. The predicted molar refractivity (Wildman–Crippen MR) is 77.0 cm³/mol. The van der Waals surface area contributed by atoms with E-state index in [2.05, 4.69) is 9.82 Å². The van der Waals surface area contributed by atoms with Crippen LogP contribution in [0.25, 0.3) is 0 Å². The average molecular weight is 328 g/mol. The quantitative estimate of drug-likeness (QED) is 0.937. The highest BCUT2D eigenvalue weighted by atomic mass is 32.2. The molecule has 2 rings (SSSR count). The number of thiophene rings is 1. The monoisotopic (exact) mass is 328 g/mol. The molecule has 0 atom stereocenters. The van der Waals surface area contributed by atoms with Crippen LogP contribution in [0.4, 0.5) is 10.2 Å². The van der Waals surface area contributed by atoms with Gasteiger partial charge in [0.25, 0.3) is 10.0 Å². The molecule has 0 radical (unpaired) electrons. The lowest BCUT2D eigenvalue weighted by Gasteiger charge is -2.18. The van der Waals surface area contributed by atoms with Gasteiger partial charge in [0.1, 0.15) is 11.6 Å². The lowest BCUT2D eigenvalue weighted by Crippen LogP contribution is -2.22. The molecule has 0 spiro atoms. The summed E-state index contributed by atoms with van der Waals surface area (Å²) in [6.07, 6.45) is 1.45. The molecule has 0 aliphatic rings. The summed E-state index contributed by atoms with van der Waals surface area (Å²) < 4.78 is 40.9. The minimum atomic E-state index is -4.10. The first-order valence-corrected chi connectivity index (χ1v) is 8.27. The normalized spacial score (nSPS) is 12.1. The first-order chi connectivity index (χ1) is 9.65. The van der Waals surface area contributed by atoms with E-state index in [-0.39, 0.29) is 11.4 Å². The van der Waals surface area contributed by atoms with Crippen LogP contribution in [0.15, 0.2) is 21.9 Å². The van der Waals surface area contributed by atoms with Crippen molar-refractivity contribution in [1.29, 1.82) is 5.26 Å². The van der Waals surface area contributed by atoms with Gasteiger partial charge in [-0.1, -0.05) is 0 Å². The third-order valence-electron chi connectivity index (χ3n) is 2.58. The summed E-state index contributed by atoms with van der Waals surface area (Å²) in [5.74, 6) is -0.943. The molecule has 2 aromatic rings. The van der Waals surface area contributed by atoms with Crippen molar-refractivity contribution in [3.8, 4) is 6.07 Å². The van der Waals surface area contributed by atoms with E-state index in [9.17, 15) is 12.8 Å². The fraction of sp³-hybridized carbons (Fsp3) is 0.333. The number of hydrogen-bond donors (Lipinski definition) is 1. The van der Waals surface area contributed by atoms with Crippen molar-refractivity contribution in [3.63, 3.8) is 0 Å². The molecule has 0 bridgehead atoms. The minimum Gasteiger partial charge on any atom is -0.264 e. The van der Waals surface area contributed by atoms with E-state index in [0.29, 0.717) is 0 Å². The van der Waals surface area contributed by atoms with Crippen LogP contribution in [0, 0.1) is 17.1 Å². The van der Waals surface area contributed by atoms with Crippen LogP contribution in [0.2, 0.25) is 0 Å². The van der Waals surface area contributed by atoms with E-state index >= 15 is 0 Å². The summed E-state index contributed by atoms with van der Waals surface area (Å²) in [5.41, 5.74) is -0.339. The van der Waals surface area contributed by atoms with Crippen molar-refractivity contribution >= 4 is 27.2 Å². The molecule has 0 fully saturated rings. The second-order valence-corrected chi connectivity index (χ2v) is 8.07. The maximum Gasteiger partial charge on any atom is 0.275 e. The van der Waals surface area contributed by atoms with Gasteiger partial charge in [0.2, 0.25) is 0 Å². The Balaban J connectivity index is 2.43. The summed E-state index contributed by atoms with van der Waals surface area (Å²) in [7, 11) is -4.10.